The molecule has 0 N–H and O–H groups in total. The van der Waals surface area contributed by atoms with Gasteiger partial charge in [-0.2, -0.15) is 0 Å². The van der Waals surface area contributed by atoms with Gasteiger partial charge in [-0.3, -0.25) is 14.5 Å². The molecule has 1 aromatic rings. The topological polar surface area (TPSA) is 43.9 Å². The Morgan fingerprint density at radius 3 is 2.58 bits per heavy atom. The predicted octanol–water partition coefficient (Wildman–Crippen LogP) is 2.75. The van der Waals surface area contributed by atoms with Crippen LogP contribution in [0.15, 0.2) is 22.7 Å². The van der Waals surface area contributed by atoms with Gasteiger partial charge in [-0.1, -0.05) is 15.9 Å². The Morgan fingerprint density at radius 1 is 1.15 bits per heavy atom. The molecule has 2 heterocycles. The zero-order valence-electron chi connectivity index (χ0n) is 15.1. The Balaban J connectivity index is 1.53. The zero-order valence-corrected chi connectivity index (χ0v) is 16.7. The van der Waals surface area contributed by atoms with Gasteiger partial charge in [-0.15, -0.1) is 0 Å². The van der Waals surface area contributed by atoms with E-state index in [0.29, 0.717) is 43.2 Å². The van der Waals surface area contributed by atoms with Crippen molar-refractivity contribution in [3.63, 3.8) is 0 Å². The van der Waals surface area contributed by atoms with Crippen LogP contribution >= 0.6 is 15.9 Å². The van der Waals surface area contributed by atoms with Gasteiger partial charge in [0.15, 0.2) is 0 Å². The van der Waals surface area contributed by atoms with Crippen molar-refractivity contribution in [1.29, 1.82) is 0 Å². The number of rotatable bonds is 3. The molecule has 3 rings (SSSR count). The lowest BCUT2D eigenvalue weighted by Crippen LogP contribution is -2.53. The molecule has 1 atom stereocenters. The van der Waals surface area contributed by atoms with Crippen molar-refractivity contribution in [2.75, 3.05) is 39.3 Å². The molecular weight excluding hydrogens is 401 g/mol. The summed E-state index contributed by atoms with van der Waals surface area (Å²) < 4.78 is 14.6. The van der Waals surface area contributed by atoms with Gasteiger partial charge < -0.3 is 9.80 Å². The Morgan fingerprint density at radius 2 is 1.88 bits per heavy atom. The normalized spacial score (nSPS) is 21.7. The molecule has 0 aromatic heterocycles. The molecule has 0 bridgehead atoms. The van der Waals surface area contributed by atoms with Crippen LogP contribution in [-0.2, 0) is 4.79 Å². The number of hydrogen-bond donors (Lipinski definition) is 0. The molecule has 0 radical (unpaired) electrons. The Kier molecular flexibility index (Phi) is 6.29. The third kappa shape index (κ3) is 4.43. The standard InChI is InChI=1S/C19H25BrFN3O2/c1-14-4-2-3-7-24(14)18(25)13-22-8-10-23(11-9-22)19(26)16-12-15(20)5-6-17(16)21/h5-6,12,14H,2-4,7-11,13H2,1H3/t14-/m0/s1. The zero-order chi connectivity index (χ0) is 18.7. The molecule has 2 saturated heterocycles. The third-order valence-electron chi connectivity index (χ3n) is 5.30. The van der Waals surface area contributed by atoms with Crippen LogP contribution in [0.4, 0.5) is 4.39 Å². The van der Waals surface area contributed by atoms with E-state index in [2.05, 4.69) is 27.8 Å². The second-order valence-electron chi connectivity index (χ2n) is 7.12. The van der Waals surface area contributed by atoms with Crippen LogP contribution < -0.4 is 0 Å². The quantitative estimate of drug-likeness (QED) is 0.747. The first-order valence-corrected chi connectivity index (χ1v) is 10.0. The number of nitrogens with zero attached hydrogens (tertiary/aromatic N) is 3. The van der Waals surface area contributed by atoms with Gasteiger partial charge in [0.25, 0.3) is 5.91 Å². The van der Waals surface area contributed by atoms with Crippen molar-refractivity contribution in [2.24, 2.45) is 0 Å². The van der Waals surface area contributed by atoms with Crippen LogP contribution in [0.25, 0.3) is 0 Å². The van der Waals surface area contributed by atoms with E-state index in [4.69, 9.17) is 0 Å². The van der Waals surface area contributed by atoms with Crippen LogP contribution in [0.2, 0.25) is 0 Å². The van der Waals surface area contributed by atoms with Crippen molar-refractivity contribution >= 4 is 27.7 Å². The van der Waals surface area contributed by atoms with E-state index in [9.17, 15) is 14.0 Å². The molecule has 0 saturated carbocycles. The third-order valence-corrected chi connectivity index (χ3v) is 5.79. The highest BCUT2D eigenvalue weighted by Crippen LogP contribution is 2.19. The van der Waals surface area contributed by atoms with E-state index in [1.807, 2.05) is 4.90 Å². The van der Waals surface area contributed by atoms with Gasteiger partial charge in [0.1, 0.15) is 5.82 Å². The van der Waals surface area contributed by atoms with E-state index in [1.54, 1.807) is 11.0 Å². The predicted molar refractivity (Wildman–Crippen MR) is 101 cm³/mol. The number of hydrogen-bond acceptors (Lipinski definition) is 3. The van der Waals surface area contributed by atoms with Crippen molar-refractivity contribution in [3.8, 4) is 0 Å². The van der Waals surface area contributed by atoms with Crippen LogP contribution in [0.3, 0.4) is 0 Å². The summed E-state index contributed by atoms with van der Waals surface area (Å²) in [4.78, 5) is 30.8. The van der Waals surface area contributed by atoms with Crippen molar-refractivity contribution < 1.29 is 14.0 Å². The van der Waals surface area contributed by atoms with Crippen molar-refractivity contribution in [3.05, 3.63) is 34.1 Å². The highest BCUT2D eigenvalue weighted by molar-refractivity contribution is 9.10. The van der Waals surface area contributed by atoms with Crippen LogP contribution in [0.1, 0.15) is 36.5 Å². The fraction of sp³-hybridized carbons (Fsp3) is 0.579. The van der Waals surface area contributed by atoms with Gasteiger partial charge in [-0.05, 0) is 44.4 Å². The summed E-state index contributed by atoms with van der Waals surface area (Å²) in [6.45, 7) is 5.64. The highest BCUT2D eigenvalue weighted by Gasteiger charge is 2.28. The molecular formula is C19H25BrFN3O2. The lowest BCUT2D eigenvalue weighted by atomic mass is 10.0. The fourth-order valence-corrected chi connectivity index (χ4v) is 4.05. The first-order chi connectivity index (χ1) is 12.5. The summed E-state index contributed by atoms with van der Waals surface area (Å²) in [7, 11) is 0. The molecule has 26 heavy (non-hydrogen) atoms. The fourth-order valence-electron chi connectivity index (χ4n) is 3.69. The molecule has 5 nitrogen and oxygen atoms in total. The first kappa shape index (κ1) is 19.3. The number of likely N-dealkylation sites (tertiary alicyclic amines) is 1. The van der Waals surface area contributed by atoms with Crippen molar-refractivity contribution in [2.45, 2.75) is 32.2 Å². The van der Waals surface area contributed by atoms with Crippen LogP contribution in [0.5, 0.6) is 0 Å². The number of piperidine rings is 1. The van der Waals surface area contributed by atoms with Gasteiger partial charge in [0, 0.05) is 43.2 Å². The number of carbonyl (C=O) groups excluding carboxylic acids is 2. The molecule has 0 spiro atoms. The summed E-state index contributed by atoms with van der Waals surface area (Å²) in [5.41, 5.74) is 0.0889. The van der Waals surface area contributed by atoms with Crippen LogP contribution in [-0.4, -0.2) is 71.8 Å². The molecule has 2 aliphatic rings. The Bertz CT molecular complexity index is 677. The summed E-state index contributed by atoms with van der Waals surface area (Å²) in [6, 6.07) is 4.72. The highest BCUT2D eigenvalue weighted by atomic mass is 79.9. The monoisotopic (exact) mass is 425 g/mol. The molecule has 0 aliphatic carbocycles. The minimum Gasteiger partial charge on any atom is -0.339 e. The smallest absolute Gasteiger partial charge is 0.256 e. The summed E-state index contributed by atoms with van der Waals surface area (Å²) in [5, 5.41) is 0. The van der Waals surface area contributed by atoms with Crippen LogP contribution in [0, 0.1) is 5.82 Å². The van der Waals surface area contributed by atoms with Gasteiger partial charge in [0.2, 0.25) is 5.91 Å². The maximum absolute atomic E-state index is 13.9. The largest absolute Gasteiger partial charge is 0.339 e. The Hall–Kier alpha value is -1.47. The number of benzene rings is 1. The molecule has 0 unspecified atom stereocenters. The van der Waals surface area contributed by atoms with E-state index < -0.39 is 5.82 Å². The minimum absolute atomic E-state index is 0.0889. The van der Waals surface area contributed by atoms with Crippen molar-refractivity contribution in [1.82, 2.24) is 14.7 Å². The average Bonchev–Trinajstić information content (AvgIpc) is 2.64. The van der Waals surface area contributed by atoms with E-state index in [1.165, 1.54) is 18.6 Å². The molecule has 142 valence electrons. The molecule has 1 aromatic carbocycles. The summed E-state index contributed by atoms with van der Waals surface area (Å²) >= 11 is 3.28. The molecule has 2 amide bonds. The Labute approximate surface area is 162 Å². The maximum atomic E-state index is 13.9. The maximum Gasteiger partial charge on any atom is 0.256 e. The second-order valence-corrected chi connectivity index (χ2v) is 8.04. The molecule has 2 fully saturated rings. The average molecular weight is 426 g/mol. The number of amides is 2. The minimum atomic E-state index is -0.505. The van der Waals surface area contributed by atoms with E-state index >= 15 is 0 Å². The first-order valence-electron chi connectivity index (χ1n) is 9.22. The lowest BCUT2D eigenvalue weighted by Gasteiger charge is -2.38. The number of piperazine rings is 1. The van der Waals surface area contributed by atoms with E-state index in [-0.39, 0.29) is 17.4 Å². The summed E-state index contributed by atoms with van der Waals surface area (Å²) in [6.07, 6.45) is 3.35. The second kappa shape index (κ2) is 8.48. The molecule has 2 aliphatic heterocycles. The van der Waals surface area contributed by atoms with E-state index in [0.717, 1.165) is 19.4 Å². The SMILES string of the molecule is C[C@H]1CCCCN1C(=O)CN1CCN(C(=O)c2cc(Br)ccc2F)CC1. The van der Waals surface area contributed by atoms with Gasteiger partial charge in [0.05, 0.1) is 12.1 Å². The number of halogens is 2. The molecule has 7 heteroatoms. The van der Waals surface area contributed by atoms with Gasteiger partial charge >= 0.3 is 0 Å². The number of carbonyl (C=O) groups is 2. The van der Waals surface area contributed by atoms with Gasteiger partial charge in [-0.25, -0.2) is 4.39 Å². The summed E-state index contributed by atoms with van der Waals surface area (Å²) in [5.74, 6) is -0.621. The lowest BCUT2D eigenvalue weighted by molar-refractivity contribution is -0.136.